The smallest absolute Gasteiger partial charge is 0.121 e. The van der Waals surface area contributed by atoms with Crippen LogP contribution >= 0.6 is 11.6 Å². The molecule has 14 heavy (non-hydrogen) atoms. The summed E-state index contributed by atoms with van der Waals surface area (Å²) < 4.78 is 0. The van der Waals surface area contributed by atoms with Gasteiger partial charge in [-0.15, -0.1) is 0 Å². The van der Waals surface area contributed by atoms with Gasteiger partial charge >= 0.3 is 0 Å². The number of aliphatic hydroxyl groups is 1. The van der Waals surface area contributed by atoms with Gasteiger partial charge in [-0.2, -0.15) is 0 Å². The SMILES string of the molecule is Cc1cc(Cl)c(C(C)(C)O)c(C)c1O. The molecule has 0 aliphatic heterocycles. The monoisotopic (exact) mass is 214 g/mol. The Balaban J connectivity index is 3.53. The Kier molecular flexibility index (Phi) is 2.79. The third-order valence-electron chi connectivity index (χ3n) is 2.30. The van der Waals surface area contributed by atoms with Gasteiger partial charge in [-0.05, 0) is 44.9 Å². The quantitative estimate of drug-likeness (QED) is 0.755. The van der Waals surface area contributed by atoms with Gasteiger partial charge in [0.2, 0.25) is 0 Å². The minimum atomic E-state index is -1.04. The molecule has 0 heterocycles. The average Bonchev–Trinajstić information content (AvgIpc) is 1.97. The van der Waals surface area contributed by atoms with Crippen molar-refractivity contribution in [3.63, 3.8) is 0 Å². The number of hydrogen-bond donors (Lipinski definition) is 2. The van der Waals surface area contributed by atoms with Crippen molar-refractivity contribution >= 4 is 11.6 Å². The highest BCUT2D eigenvalue weighted by molar-refractivity contribution is 6.31. The molecule has 0 aliphatic carbocycles. The summed E-state index contributed by atoms with van der Waals surface area (Å²) in [5.74, 6) is 0.200. The number of halogens is 1. The second-order valence-electron chi connectivity index (χ2n) is 4.08. The Labute approximate surface area is 89.1 Å². The van der Waals surface area contributed by atoms with Gasteiger partial charge < -0.3 is 10.2 Å². The third-order valence-corrected chi connectivity index (χ3v) is 2.60. The Hall–Kier alpha value is -0.730. The molecular weight excluding hydrogens is 200 g/mol. The summed E-state index contributed by atoms with van der Waals surface area (Å²) in [4.78, 5) is 0. The first-order chi connectivity index (χ1) is 6.25. The molecule has 1 aromatic rings. The number of aryl methyl sites for hydroxylation is 1. The second-order valence-corrected chi connectivity index (χ2v) is 4.49. The Morgan fingerprint density at radius 3 is 2.21 bits per heavy atom. The third kappa shape index (κ3) is 1.86. The fourth-order valence-electron chi connectivity index (χ4n) is 1.67. The first kappa shape index (κ1) is 11.3. The van der Waals surface area contributed by atoms with Gasteiger partial charge in [0.1, 0.15) is 5.75 Å². The van der Waals surface area contributed by atoms with Crippen LogP contribution < -0.4 is 0 Å². The minimum Gasteiger partial charge on any atom is -0.507 e. The molecule has 0 atom stereocenters. The second kappa shape index (κ2) is 3.44. The molecule has 2 nitrogen and oxygen atoms in total. The summed E-state index contributed by atoms with van der Waals surface area (Å²) in [5, 5.41) is 20.1. The zero-order chi connectivity index (χ0) is 11.1. The van der Waals surface area contributed by atoms with Crippen molar-refractivity contribution < 1.29 is 10.2 Å². The van der Waals surface area contributed by atoms with Crippen molar-refractivity contribution in [3.8, 4) is 5.75 Å². The van der Waals surface area contributed by atoms with Gasteiger partial charge in [-0.1, -0.05) is 11.6 Å². The first-order valence-corrected chi connectivity index (χ1v) is 4.84. The van der Waals surface area contributed by atoms with Gasteiger partial charge in [-0.25, -0.2) is 0 Å². The lowest BCUT2D eigenvalue weighted by atomic mass is 9.92. The van der Waals surface area contributed by atoms with E-state index in [1.165, 1.54) is 0 Å². The van der Waals surface area contributed by atoms with Crippen molar-refractivity contribution in [2.24, 2.45) is 0 Å². The summed E-state index contributed by atoms with van der Waals surface area (Å²) in [7, 11) is 0. The summed E-state index contributed by atoms with van der Waals surface area (Å²) in [6.07, 6.45) is 0. The van der Waals surface area contributed by atoms with Crippen LogP contribution in [0.15, 0.2) is 6.07 Å². The predicted molar refractivity (Wildman–Crippen MR) is 57.8 cm³/mol. The van der Waals surface area contributed by atoms with E-state index in [0.29, 0.717) is 16.1 Å². The van der Waals surface area contributed by atoms with Crippen molar-refractivity contribution in [2.45, 2.75) is 33.3 Å². The molecule has 0 aliphatic rings. The van der Waals surface area contributed by atoms with Crippen molar-refractivity contribution in [2.75, 3.05) is 0 Å². The van der Waals surface area contributed by atoms with Gasteiger partial charge in [-0.3, -0.25) is 0 Å². The van der Waals surface area contributed by atoms with E-state index in [9.17, 15) is 10.2 Å². The van der Waals surface area contributed by atoms with Crippen molar-refractivity contribution in [3.05, 3.63) is 27.8 Å². The average molecular weight is 215 g/mol. The van der Waals surface area contributed by atoms with Crippen LogP contribution in [0.5, 0.6) is 5.75 Å². The molecule has 2 N–H and O–H groups in total. The maximum Gasteiger partial charge on any atom is 0.121 e. The number of benzene rings is 1. The zero-order valence-corrected chi connectivity index (χ0v) is 9.61. The standard InChI is InChI=1S/C11H15ClO2/c1-6-5-8(12)9(11(3,4)14)7(2)10(6)13/h5,13-14H,1-4H3. The van der Waals surface area contributed by atoms with Crippen LogP contribution in [0.25, 0.3) is 0 Å². The van der Waals surface area contributed by atoms with E-state index in [1.54, 1.807) is 33.8 Å². The fourth-order valence-corrected chi connectivity index (χ4v) is 2.21. The number of phenolic OH excluding ortho intramolecular Hbond substituents is 1. The molecule has 0 fully saturated rings. The number of hydrogen-bond acceptors (Lipinski definition) is 2. The number of aromatic hydroxyl groups is 1. The van der Waals surface area contributed by atoms with E-state index in [0.717, 1.165) is 5.56 Å². The molecule has 0 bridgehead atoms. The number of phenols is 1. The van der Waals surface area contributed by atoms with Gasteiger partial charge in [0.05, 0.1) is 5.60 Å². The summed E-state index contributed by atoms with van der Waals surface area (Å²) in [6.45, 7) is 6.83. The van der Waals surface area contributed by atoms with Crippen LogP contribution in [0.2, 0.25) is 5.02 Å². The molecule has 0 saturated carbocycles. The maximum absolute atomic E-state index is 9.87. The van der Waals surface area contributed by atoms with Crippen LogP contribution in [0.1, 0.15) is 30.5 Å². The van der Waals surface area contributed by atoms with Crippen molar-refractivity contribution in [1.82, 2.24) is 0 Å². The largest absolute Gasteiger partial charge is 0.507 e. The molecule has 0 spiro atoms. The summed E-state index contributed by atoms with van der Waals surface area (Å²) >= 11 is 6.02. The van der Waals surface area contributed by atoms with E-state index in [1.807, 2.05) is 0 Å². The van der Waals surface area contributed by atoms with Crippen LogP contribution in [0.3, 0.4) is 0 Å². The number of rotatable bonds is 1. The van der Waals surface area contributed by atoms with Crippen LogP contribution in [-0.2, 0) is 5.60 Å². The van der Waals surface area contributed by atoms with Crippen LogP contribution in [-0.4, -0.2) is 10.2 Å². The molecule has 1 aromatic carbocycles. The van der Waals surface area contributed by atoms with Crippen LogP contribution in [0.4, 0.5) is 0 Å². The maximum atomic E-state index is 9.87. The van der Waals surface area contributed by atoms with Gasteiger partial charge in [0.25, 0.3) is 0 Å². The van der Waals surface area contributed by atoms with E-state index >= 15 is 0 Å². The topological polar surface area (TPSA) is 40.5 Å². The predicted octanol–water partition coefficient (Wildman–Crippen LogP) is 2.89. The normalized spacial score (nSPS) is 11.9. The molecular formula is C11H15ClO2. The lowest BCUT2D eigenvalue weighted by Gasteiger charge is -2.23. The van der Waals surface area contributed by atoms with Crippen LogP contribution in [0, 0.1) is 13.8 Å². The van der Waals surface area contributed by atoms with Gasteiger partial charge in [0, 0.05) is 10.6 Å². The van der Waals surface area contributed by atoms with E-state index in [-0.39, 0.29) is 5.75 Å². The zero-order valence-electron chi connectivity index (χ0n) is 8.85. The minimum absolute atomic E-state index is 0.200. The molecule has 3 heteroatoms. The molecule has 0 radical (unpaired) electrons. The molecule has 0 amide bonds. The summed E-state index contributed by atoms with van der Waals surface area (Å²) in [5.41, 5.74) is 0.914. The molecule has 1 rings (SSSR count). The lowest BCUT2D eigenvalue weighted by molar-refractivity contribution is 0.0777. The first-order valence-electron chi connectivity index (χ1n) is 4.46. The fraction of sp³-hybridized carbons (Fsp3) is 0.455. The Morgan fingerprint density at radius 1 is 1.29 bits per heavy atom. The van der Waals surface area contributed by atoms with E-state index in [4.69, 9.17) is 11.6 Å². The van der Waals surface area contributed by atoms with E-state index < -0.39 is 5.60 Å². The van der Waals surface area contributed by atoms with Crippen molar-refractivity contribution in [1.29, 1.82) is 0 Å². The molecule has 78 valence electrons. The molecule has 0 unspecified atom stereocenters. The Morgan fingerprint density at radius 2 is 1.79 bits per heavy atom. The molecule has 0 aromatic heterocycles. The highest BCUT2D eigenvalue weighted by Gasteiger charge is 2.24. The van der Waals surface area contributed by atoms with E-state index in [2.05, 4.69) is 0 Å². The lowest BCUT2D eigenvalue weighted by Crippen LogP contribution is -2.18. The van der Waals surface area contributed by atoms with Gasteiger partial charge in [0.15, 0.2) is 0 Å². The summed E-state index contributed by atoms with van der Waals surface area (Å²) in [6, 6.07) is 1.66. The highest BCUT2D eigenvalue weighted by Crippen LogP contribution is 2.37. The molecule has 0 saturated heterocycles. The highest BCUT2D eigenvalue weighted by atomic mass is 35.5. The Bertz CT molecular complexity index is 365.